The van der Waals surface area contributed by atoms with E-state index in [2.05, 4.69) is 27.3 Å². The fourth-order valence-corrected chi connectivity index (χ4v) is 2.39. The molecular weight excluding hydrogens is 340 g/mol. The summed E-state index contributed by atoms with van der Waals surface area (Å²) in [5.41, 5.74) is 1.93. The second-order valence-electron chi connectivity index (χ2n) is 4.73. The summed E-state index contributed by atoms with van der Waals surface area (Å²) in [6.45, 7) is 0. The van der Waals surface area contributed by atoms with Crippen LogP contribution in [-0.2, 0) is 11.2 Å². The van der Waals surface area contributed by atoms with Gasteiger partial charge in [0.15, 0.2) is 0 Å². The molecule has 1 atom stereocenters. The van der Waals surface area contributed by atoms with Gasteiger partial charge in [-0.3, -0.25) is 4.79 Å². The summed E-state index contributed by atoms with van der Waals surface area (Å²) in [6, 6.07) is 18.8. The van der Waals surface area contributed by atoms with Gasteiger partial charge in [0.2, 0.25) is 5.91 Å². The van der Waals surface area contributed by atoms with Gasteiger partial charge in [-0.25, -0.2) is 0 Å². The third-order valence-electron chi connectivity index (χ3n) is 3.07. The van der Waals surface area contributed by atoms with Crippen LogP contribution in [0.15, 0.2) is 65.1 Å². The van der Waals surface area contributed by atoms with Gasteiger partial charge in [-0.2, -0.15) is 5.26 Å². The molecule has 2 rings (SSSR count). The van der Waals surface area contributed by atoms with Gasteiger partial charge in [0.25, 0.3) is 0 Å². The molecule has 0 aliphatic rings. The van der Waals surface area contributed by atoms with E-state index in [-0.39, 0.29) is 5.91 Å². The summed E-state index contributed by atoms with van der Waals surface area (Å²) in [4.78, 5) is 11.9. The van der Waals surface area contributed by atoms with Crippen LogP contribution in [0.3, 0.4) is 0 Å². The predicted octanol–water partition coefficient (Wildman–Crippen LogP) is 3.71. The van der Waals surface area contributed by atoms with E-state index < -0.39 is 6.04 Å². The topological polar surface area (TPSA) is 52.9 Å². The Morgan fingerprint density at radius 2 is 1.86 bits per heavy atom. The first kappa shape index (κ1) is 16.0. The van der Waals surface area contributed by atoms with Gasteiger partial charge in [-0.1, -0.05) is 64.5 Å². The lowest BCUT2D eigenvalue weighted by Gasteiger charge is -2.10. The molecule has 0 aliphatic carbocycles. The third kappa shape index (κ3) is 4.87. The largest absolute Gasteiger partial charge is 0.336 e. The Morgan fingerprint density at radius 3 is 2.55 bits per heavy atom. The maximum absolute atomic E-state index is 11.9. The van der Waals surface area contributed by atoms with Crippen molar-refractivity contribution in [1.82, 2.24) is 5.32 Å². The highest BCUT2D eigenvalue weighted by atomic mass is 79.9. The number of rotatable bonds is 5. The molecule has 2 aromatic carbocycles. The molecule has 4 heteroatoms. The first-order chi connectivity index (χ1) is 10.7. The molecule has 0 saturated heterocycles. The lowest BCUT2D eigenvalue weighted by atomic mass is 10.1. The van der Waals surface area contributed by atoms with Crippen molar-refractivity contribution in [3.8, 4) is 6.07 Å². The summed E-state index contributed by atoms with van der Waals surface area (Å²) in [6.07, 6.45) is 3.65. The van der Waals surface area contributed by atoms with E-state index in [4.69, 9.17) is 5.26 Å². The van der Waals surface area contributed by atoms with Crippen molar-refractivity contribution in [2.45, 2.75) is 12.5 Å². The Morgan fingerprint density at radius 1 is 1.18 bits per heavy atom. The van der Waals surface area contributed by atoms with Crippen molar-refractivity contribution < 1.29 is 4.79 Å². The summed E-state index contributed by atoms with van der Waals surface area (Å²) >= 11 is 3.42. The zero-order chi connectivity index (χ0) is 15.8. The van der Waals surface area contributed by atoms with E-state index in [9.17, 15) is 4.79 Å². The van der Waals surface area contributed by atoms with Gasteiger partial charge in [-0.05, 0) is 23.3 Å². The molecule has 0 radical (unpaired) electrons. The van der Waals surface area contributed by atoms with Crippen molar-refractivity contribution in [1.29, 1.82) is 5.26 Å². The SMILES string of the molecule is N#C[C@H](Cc1ccccc1)NC(=O)/C=C\c1ccccc1Br. The highest BCUT2D eigenvalue weighted by Crippen LogP contribution is 2.16. The summed E-state index contributed by atoms with van der Waals surface area (Å²) in [5, 5.41) is 11.9. The van der Waals surface area contributed by atoms with E-state index >= 15 is 0 Å². The van der Waals surface area contributed by atoms with Crippen LogP contribution >= 0.6 is 15.9 Å². The van der Waals surface area contributed by atoms with Crippen LogP contribution in [0.5, 0.6) is 0 Å². The zero-order valence-corrected chi connectivity index (χ0v) is 13.5. The van der Waals surface area contributed by atoms with Crippen molar-refractivity contribution >= 4 is 27.9 Å². The van der Waals surface area contributed by atoms with Crippen LogP contribution in [0.4, 0.5) is 0 Å². The average Bonchev–Trinajstić information content (AvgIpc) is 2.54. The number of carbonyl (C=O) groups is 1. The highest BCUT2D eigenvalue weighted by Gasteiger charge is 2.10. The molecule has 0 fully saturated rings. The molecule has 0 spiro atoms. The molecule has 0 unspecified atom stereocenters. The monoisotopic (exact) mass is 354 g/mol. The minimum atomic E-state index is -0.543. The summed E-state index contributed by atoms with van der Waals surface area (Å²) in [7, 11) is 0. The number of halogens is 1. The van der Waals surface area contributed by atoms with Gasteiger partial charge in [-0.15, -0.1) is 0 Å². The number of nitrogens with one attached hydrogen (secondary N) is 1. The van der Waals surface area contributed by atoms with Crippen LogP contribution in [0, 0.1) is 11.3 Å². The lowest BCUT2D eigenvalue weighted by molar-refractivity contribution is -0.116. The number of nitriles is 1. The Labute approximate surface area is 138 Å². The minimum Gasteiger partial charge on any atom is -0.336 e. The molecule has 1 N–H and O–H groups in total. The zero-order valence-electron chi connectivity index (χ0n) is 11.9. The Kier molecular flexibility index (Phi) is 5.93. The number of carbonyl (C=O) groups excluding carboxylic acids is 1. The summed E-state index contributed by atoms with van der Waals surface area (Å²) < 4.78 is 0.917. The van der Waals surface area contributed by atoms with Crippen molar-refractivity contribution in [3.05, 3.63) is 76.3 Å². The number of nitrogens with zero attached hydrogens (tertiary/aromatic N) is 1. The molecule has 0 aromatic heterocycles. The number of amides is 1. The highest BCUT2D eigenvalue weighted by molar-refractivity contribution is 9.10. The molecule has 3 nitrogen and oxygen atoms in total. The van der Waals surface area contributed by atoms with E-state index in [0.29, 0.717) is 6.42 Å². The van der Waals surface area contributed by atoms with Crippen LogP contribution in [0.25, 0.3) is 6.08 Å². The standard InChI is InChI=1S/C18H15BrN2O/c19-17-9-5-4-8-15(17)10-11-18(22)21-16(13-20)12-14-6-2-1-3-7-14/h1-11,16H,12H2,(H,21,22)/b11-10-/t16-/m0/s1. The van der Waals surface area contributed by atoms with E-state index in [1.165, 1.54) is 6.08 Å². The second kappa shape index (κ2) is 8.16. The van der Waals surface area contributed by atoms with Gasteiger partial charge < -0.3 is 5.32 Å². The lowest BCUT2D eigenvalue weighted by Crippen LogP contribution is -2.34. The van der Waals surface area contributed by atoms with Gasteiger partial charge in [0.1, 0.15) is 6.04 Å². The molecule has 0 saturated carbocycles. The fraction of sp³-hybridized carbons (Fsp3) is 0.111. The molecule has 110 valence electrons. The molecule has 0 heterocycles. The normalized spacial score (nSPS) is 11.8. The third-order valence-corrected chi connectivity index (χ3v) is 3.80. The smallest absolute Gasteiger partial charge is 0.245 e. The summed E-state index contributed by atoms with van der Waals surface area (Å²) in [5.74, 6) is -0.279. The van der Waals surface area contributed by atoms with Crippen molar-refractivity contribution in [3.63, 3.8) is 0 Å². The number of hydrogen-bond donors (Lipinski definition) is 1. The Hall–Kier alpha value is -2.38. The Balaban J connectivity index is 1.95. The fourth-order valence-electron chi connectivity index (χ4n) is 1.97. The number of hydrogen-bond acceptors (Lipinski definition) is 2. The molecular formula is C18H15BrN2O. The maximum atomic E-state index is 11.9. The molecule has 0 bridgehead atoms. The van der Waals surface area contributed by atoms with Crippen LogP contribution in [0.2, 0.25) is 0 Å². The second-order valence-corrected chi connectivity index (χ2v) is 5.59. The first-order valence-electron chi connectivity index (χ1n) is 6.85. The average molecular weight is 355 g/mol. The maximum Gasteiger partial charge on any atom is 0.245 e. The predicted molar refractivity (Wildman–Crippen MR) is 90.9 cm³/mol. The van der Waals surface area contributed by atoms with Gasteiger partial charge in [0, 0.05) is 17.0 Å². The van der Waals surface area contributed by atoms with Gasteiger partial charge >= 0.3 is 0 Å². The molecule has 2 aromatic rings. The van der Waals surface area contributed by atoms with Crippen molar-refractivity contribution in [2.24, 2.45) is 0 Å². The quantitative estimate of drug-likeness (QED) is 0.832. The van der Waals surface area contributed by atoms with E-state index in [1.807, 2.05) is 54.6 Å². The van der Waals surface area contributed by atoms with E-state index in [1.54, 1.807) is 6.08 Å². The molecule has 0 aliphatic heterocycles. The minimum absolute atomic E-state index is 0.279. The van der Waals surface area contributed by atoms with Crippen LogP contribution < -0.4 is 5.32 Å². The molecule has 1 amide bonds. The Bertz CT molecular complexity index is 705. The van der Waals surface area contributed by atoms with Gasteiger partial charge in [0.05, 0.1) is 6.07 Å². The van der Waals surface area contributed by atoms with Crippen LogP contribution in [0.1, 0.15) is 11.1 Å². The number of benzene rings is 2. The first-order valence-corrected chi connectivity index (χ1v) is 7.65. The van der Waals surface area contributed by atoms with Crippen LogP contribution in [-0.4, -0.2) is 11.9 Å². The van der Waals surface area contributed by atoms with Crippen molar-refractivity contribution in [2.75, 3.05) is 0 Å². The van der Waals surface area contributed by atoms with E-state index in [0.717, 1.165) is 15.6 Å². The molecule has 22 heavy (non-hydrogen) atoms.